The van der Waals surface area contributed by atoms with Gasteiger partial charge in [0.15, 0.2) is 8.38 Å². The lowest BCUT2D eigenvalue weighted by atomic mass is 10.2. The molecule has 0 aliphatic carbocycles. The second-order valence-corrected chi connectivity index (χ2v) is 4.56. The van der Waals surface area contributed by atoms with E-state index >= 15 is 0 Å². The molecule has 0 N–H and O–H groups in total. The Morgan fingerprint density at radius 3 is 2.31 bits per heavy atom. The Morgan fingerprint density at radius 1 is 1.23 bits per heavy atom. The Bertz CT molecular complexity index is 135. The van der Waals surface area contributed by atoms with Gasteiger partial charge in [0.2, 0.25) is 0 Å². The molecule has 0 amide bonds. The van der Waals surface area contributed by atoms with E-state index in [1.54, 1.807) is 14.2 Å². The predicted octanol–water partition coefficient (Wildman–Crippen LogP) is 2.74. The highest BCUT2D eigenvalue weighted by molar-refractivity contribution is 7.48. The van der Waals surface area contributed by atoms with Crippen LogP contribution in [0.4, 0.5) is 0 Å². The van der Waals surface area contributed by atoms with Crippen LogP contribution in [-0.2, 0) is 13.8 Å². The van der Waals surface area contributed by atoms with Crippen LogP contribution in [0, 0.1) is 0 Å². The molecule has 0 spiro atoms. The summed E-state index contributed by atoms with van der Waals surface area (Å²) >= 11 is 0. The highest BCUT2D eigenvalue weighted by Gasteiger charge is 2.12. The largest absolute Gasteiger partial charge is 0.337 e. The van der Waals surface area contributed by atoms with Gasteiger partial charge in [0.1, 0.15) is 5.78 Å². The lowest BCUT2D eigenvalue weighted by Gasteiger charge is -2.10. The highest BCUT2D eigenvalue weighted by Crippen LogP contribution is 2.35. The molecule has 13 heavy (non-hydrogen) atoms. The van der Waals surface area contributed by atoms with E-state index in [-0.39, 0.29) is 5.78 Å². The molecule has 3 nitrogen and oxygen atoms in total. The SMILES string of the molecule is CCCCCC(=O)CP(OC)OC. The van der Waals surface area contributed by atoms with Crippen LogP contribution in [0.5, 0.6) is 0 Å². The Labute approximate surface area is 81.7 Å². The summed E-state index contributed by atoms with van der Waals surface area (Å²) in [6, 6.07) is 0. The number of Topliss-reactive ketones (excluding diaryl/α,β-unsaturated/α-hetero) is 1. The molecule has 0 rings (SSSR count). The molecule has 0 aromatic heterocycles. The Kier molecular flexibility index (Phi) is 8.62. The number of carbonyl (C=O) groups excluding carboxylic acids is 1. The molecule has 0 aromatic carbocycles. The smallest absolute Gasteiger partial charge is 0.177 e. The summed E-state index contributed by atoms with van der Waals surface area (Å²) in [5.41, 5.74) is 0. The summed E-state index contributed by atoms with van der Waals surface area (Å²) in [5.74, 6) is 0.253. The maximum absolute atomic E-state index is 11.3. The van der Waals surface area contributed by atoms with Gasteiger partial charge in [-0.25, -0.2) is 0 Å². The number of unbranched alkanes of at least 4 members (excludes halogenated alkanes) is 2. The third-order valence-electron chi connectivity index (χ3n) is 1.77. The summed E-state index contributed by atoms with van der Waals surface area (Å²) in [5, 5.41) is 0. The number of hydrogen-bond donors (Lipinski definition) is 0. The van der Waals surface area contributed by atoms with Crippen molar-refractivity contribution in [3.8, 4) is 0 Å². The lowest BCUT2D eigenvalue weighted by molar-refractivity contribution is -0.116. The van der Waals surface area contributed by atoms with Crippen molar-refractivity contribution >= 4 is 14.2 Å². The first-order chi connectivity index (χ1) is 6.24. The average Bonchev–Trinajstić information content (AvgIpc) is 2.14. The molecule has 0 aliphatic heterocycles. The molecule has 0 saturated heterocycles. The van der Waals surface area contributed by atoms with E-state index in [0.717, 1.165) is 19.3 Å². The van der Waals surface area contributed by atoms with Crippen molar-refractivity contribution in [3.05, 3.63) is 0 Å². The molecule has 0 unspecified atom stereocenters. The zero-order chi connectivity index (χ0) is 10.1. The van der Waals surface area contributed by atoms with E-state index in [1.807, 2.05) is 0 Å². The molecule has 0 fully saturated rings. The predicted molar refractivity (Wildman–Crippen MR) is 55.0 cm³/mol. The second kappa shape index (κ2) is 8.61. The summed E-state index contributed by atoms with van der Waals surface area (Å²) in [7, 11) is 2.19. The summed E-state index contributed by atoms with van der Waals surface area (Å²) < 4.78 is 10.00. The topological polar surface area (TPSA) is 35.5 Å². The third-order valence-corrected chi connectivity index (χ3v) is 3.20. The van der Waals surface area contributed by atoms with Gasteiger partial charge in [-0.05, 0) is 6.42 Å². The Balaban J connectivity index is 3.48. The molecule has 0 atom stereocenters. The van der Waals surface area contributed by atoms with E-state index < -0.39 is 8.38 Å². The maximum Gasteiger partial charge on any atom is 0.177 e. The van der Waals surface area contributed by atoms with E-state index in [9.17, 15) is 4.79 Å². The molecule has 0 aliphatic rings. The monoisotopic (exact) mass is 206 g/mol. The zero-order valence-electron chi connectivity index (χ0n) is 8.71. The van der Waals surface area contributed by atoms with Crippen LogP contribution in [0.25, 0.3) is 0 Å². The fourth-order valence-electron chi connectivity index (χ4n) is 0.999. The van der Waals surface area contributed by atoms with Crippen molar-refractivity contribution in [1.29, 1.82) is 0 Å². The quantitative estimate of drug-likeness (QED) is 0.452. The van der Waals surface area contributed by atoms with Crippen molar-refractivity contribution in [3.63, 3.8) is 0 Å². The molecule has 0 radical (unpaired) electrons. The Hall–Kier alpha value is 0.0200. The van der Waals surface area contributed by atoms with E-state index in [1.165, 1.54) is 0 Å². The molecular formula is C9H19O3P. The van der Waals surface area contributed by atoms with Gasteiger partial charge < -0.3 is 9.05 Å². The number of rotatable bonds is 8. The minimum absolute atomic E-state index is 0.253. The first-order valence-corrected chi connectivity index (χ1v) is 5.98. The Morgan fingerprint density at radius 2 is 1.85 bits per heavy atom. The normalized spacial score (nSPS) is 10.8. The molecule has 0 aromatic rings. The maximum atomic E-state index is 11.3. The fraction of sp³-hybridized carbons (Fsp3) is 0.889. The fourth-order valence-corrected chi connectivity index (χ4v) is 1.85. The number of ketones is 1. The third kappa shape index (κ3) is 7.12. The van der Waals surface area contributed by atoms with Crippen molar-refractivity contribution in [2.75, 3.05) is 20.4 Å². The van der Waals surface area contributed by atoms with Gasteiger partial charge in [-0.1, -0.05) is 19.8 Å². The van der Waals surface area contributed by atoms with Crippen LogP contribution in [0.1, 0.15) is 32.6 Å². The van der Waals surface area contributed by atoms with Crippen LogP contribution in [0.15, 0.2) is 0 Å². The highest BCUT2D eigenvalue weighted by atomic mass is 31.2. The summed E-state index contributed by atoms with van der Waals surface area (Å²) in [6.45, 7) is 2.13. The number of carbonyl (C=O) groups is 1. The van der Waals surface area contributed by atoms with E-state index in [4.69, 9.17) is 9.05 Å². The summed E-state index contributed by atoms with van der Waals surface area (Å²) in [6.07, 6.45) is 4.37. The molecule has 78 valence electrons. The molecule has 0 bridgehead atoms. The molecule has 4 heteroatoms. The lowest BCUT2D eigenvalue weighted by Crippen LogP contribution is -2.04. The average molecular weight is 206 g/mol. The molecule has 0 saturated carbocycles. The van der Waals surface area contributed by atoms with E-state index in [0.29, 0.717) is 12.6 Å². The van der Waals surface area contributed by atoms with Crippen molar-refractivity contribution in [1.82, 2.24) is 0 Å². The standard InChI is InChI=1S/C9H19O3P/c1-4-5-6-7-9(10)8-13(11-2)12-3/h4-8H2,1-3H3. The molecular weight excluding hydrogens is 187 g/mol. The zero-order valence-corrected chi connectivity index (χ0v) is 9.60. The van der Waals surface area contributed by atoms with Crippen molar-refractivity contribution < 1.29 is 13.8 Å². The second-order valence-electron chi connectivity index (χ2n) is 2.85. The first-order valence-electron chi connectivity index (χ1n) is 4.62. The van der Waals surface area contributed by atoms with Gasteiger partial charge in [-0.2, -0.15) is 0 Å². The van der Waals surface area contributed by atoms with Crippen LogP contribution >= 0.6 is 8.38 Å². The van der Waals surface area contributed by atoms with Gasteiger partial charge in [-0.15, -0.1) is 0 Å². The van der Waals surface area contributed by atoms with Crippen molar-refractivity contribution in [2.24, 2.45) is 0 Å². The van der Waals surface area contributed by atoms with E-state index in [2.05, 4.69) is 6.92 Å². The first kappa shape index (κ1) is 13.0. The van der Waals surface area contributed by atoms with Crippen LogP contribution < -0.4 is 0 Å². The van der Waals surface area contributed by atoms with Gasteiger partial charge in [0, 0.05) is 20.6 Å². The van der Waals surface area contributed by atoms with Gasteiger partial charge in [0.25, 0.3) is 0 Å². The van der Waals surface area contributed by atoms with Gasteiger partial charge in [0.05, 0.1) is 6.16 Å². The molecule has 0 heterocycles. The van der Waals surface area contributed by atoms with Crippen LogP contribution in [-0.4, -0.2) is 26.2 Å². The minimum atomic E-state index is -0.966. The number of hydrogen-bond acceptors (Lipinski definition) is 3. The van der Waals surface area contributed by atoms with Crippen molar-refractivity contribution in [2.45, 2.75) is 32.6 Å². The van der Waals surface area contributed by atoms with Crippen LogP contribution in [0.3, 0.4) is 0 Å². The minimum Gasteiger partial charge on any atom is -0.337 e. The van der Waals surface area contributed by atoms with Crippen LogP contribution in [0.2, 0.25) is 0 Å². The van der Waals surface area contributed by atoms with Gasteiger partial charge in [-0.3, -0.25) is 4.79 Å². The van der Waals surface area contributed by atoms with Gasteiger partial charge >= 0.3 is 0 Å². The summed E-state index contributed by atoms with van der Waals surface area (Å²) in [4.78, 5) is 11.3.